The van der Waals surface area contributed by atoms with Gasteiger partial charge in [-0.05, 0) is 6.42 Å². The smallest absolute Gasteiger partial charge is 0.245 e. The van der Waals surface area contributed by atoms with E-state index in [4.69, 9.17) is 0 Å². The Morgan fingerprint density at radius 1 is 1.43 bits per heavy atom. The molecule has 0 rings (SSSR count). The van der Waals surface area contributed by atoms with E-state index in [1.807, 2.05) is 0 Å². The number of nitrogens with one attached hydrogen (secondary N) is 1. The predicted octanol–water partition coefficient (Wildman–Crippen LogP) is -0.383. The van der Waals surface area contributed by atoms with Gasteiger partial charge in [-0.3, -0.25) is 9.59 Å². The van der Waals surface area contributed by atoms with Crippen molar-refractivity contribution < 1.29 is 14.3 Å². The Morgan fingerprint density at radius 2 is 2.07 bits per heavy atom. The minimum Gasteiger partial charge on any atom is -0.375 e. The molecule has 0 bridgehead atoms. The Morgan fingerprint density at radius 3 is 2.57 bits per heavy atom. The van der Waals surface area contributed by atoms with Gasteiger partial charge in [0.2, 0.25) is 11.8 Å². The van der Waals surface area contributed by atoms with Crippen molar-refractivity contribution in [2.24, 2.45) is 0 Å². The summed E-state index contributed by atoms with van der Waals surface area (Å²) < 4.78 is 4.64. The topological polar surface area (TPSA) is 58.6 Å². The number of amides is 2. The van der Waals surface area contributed by atoms with Gasteiger partial charge in [-0.15, -0.1) is 0 Å². The predicted molar refractivity (Wildman–Crippen MR) is 52.8 cm³/mol. The zero-order valence-corrected chi connectivity index (χ0v) is 9.00. The summed E-state index contributed by atoms with van der Waals surface area (Å²) in [7, 11) is 3.21. The van der Waals surface area contributed by atoms with E-state index in [-0.39, 0.29) is 18.4 Å². The Balaban J connectivity index is 3.37. The molecule has 2 amide bonds. The fourth-order valence-electron chi connectivity index (χ4n) is 0.884. The summed E-state index contributed by atoms with van der Waals surface area (Å²) in [5.74, 6) is -0.0915. The monoisotopic (exact) mass is 202 g/mol. The minimum absolute atomic E-state index is 0.0354. The van der Waals surface area contributed by atoms with Crippen LogP contribution in [0, 0.1) is 0 Å². The van der Waals surface area contributed by atoms with E-state index in [2.05, 4.69) is 10.1 Å². The molecule has 0 aromatic carbocycles. The second-order valence-electron chi connectivity index (χ2n) is 3.08. The molecule has 0 aliphatic heterocycles. The summed E-state index contributed by atoms with van der Waals surface area (Å²) in [4.78, 5) is 23.3. The van der Waals surface area contributed by atoms with Crippen molar-refractivity contribution in [3.8, 4) is 0 Å². The fraction of sp³-hybridized carbons (Fsp3) is 0.778. The average Bonchev–Trinajstić information content (AvgIpc) is 2.12. The number of carbonyl (C=O) groups excluding carboxylic acids is 2. The van der Waals surface area contributed by atoms with Crippen LogP contribution in [-0.4, -0.2) is 50.6 Å². The van der Waals surface area contributed by atoms with Crippen LogP contribution in [0.15, 0.2) is 0 Å². The van der Waals surface area contributed by atoms with E-state index < -0.39 is 0 Å². The third kappa shape index (κ3) is 6.42. The lowest BCUT2D eigenvalue weighted by molar-refractivity contribution is -0.127. The first-order chi connectivity index (χ1) is 6.57. The van der Waals surface area contributed by atoms with Crippen LogP contribution in [0.1, 0.15) is 13.3 Å². The molecule has 0 saturated carbocycles. The van der Waals surface area contributed by atoms with E-state index in [0.717, 1.165) is 6.42 Å². The van der Waals surface area contributed by atoms with E-state index in [1.165, 1.54) is 14.0 Å². The summed E-state index contributed by atoms with van der Waals surface area (Å²) in [5, 5.41) is 2.68. The lowest BCUT2D eigenvalue weighted by Gasteiger charge is -2.14. The summed E-state index contributed by atoms with van der Waals surface area (Å²) in [5.41, 5.74) is 0. The van der Waals surface area contributed by atoms with Crippen LogP contribution in [-0.2, 0) is 14.3 Å². The standard InChI is InChI=1S/C9H18N2O3/c1-8(12)11(2)6-4-5-10-9(13)7-14-3/h4-7H2,1-3H3,(H,10,13). The molecule has 14 heavy (non-hydrogen) atoms. The highest BCUT2D eigenvalue weighted by atomic mass is 16.5. The van der Waals surface area contributed by atoms with Gasteiger partial charge in [0.05, 0.1) is 0 Å². The van der Waals surface area contributed by atoms with Crippen molar-refractivity contribution >= 4 is 11.8 Å². The Bertz CT molecular complexity index is 194. The van der Waals surface area contributed by atoms with Gasteiger partial charge in [0.1, 0.15) is 6.61 Å². The molecule has 5 nitrogen and oxygen atoms in total. The largest absolute Gasteiger partial charge is 0.375 e. The first-order valence-corrected chi connectivity index (χ1v) is 4.55. The SMILES string of the molecule is COCC(=O)NCCCN(C)C(C)=O. The fourth-order valence-corrected chi connectivity index (χ4v) is 0.884. The number of ether oxygens (including phenoxy) is 1. The minimum atomic E-state index is -0.127. The van der Waals surface area contributed by atoms with Crippen LogP contribution in [0.2, 0.25) is 0 Å². The molecule has 0 heterocycles. The van der Waals surface area contributed by atoms with E-state index in [9.17, 15) is 9.59 Å². The second-order valence-corrected chi connectivity index (χ2v) is 3.08. The molecule has 82 valence electrons. The first kappa shape index (κ1) is 12.9. The molecule has 0 aromatic heterocycles. The van der Waals surface area contributed by atoms with Crippen molar-refractivity contribution in [1.29, 1.82) is 0 Å². The summed E-state index contributed by atoms with van der Waals surface area (Å²) >= 11 is 0. The third-order valence-corrected chi connectivity index (χ3v) is 1.81. The van der Waals surface area contributed by atoms with Crippen LogP contribution in [0.4, 0.5) is 0 Å². The zero-order valence-electron chi connectivity index (χ0n) is 9.00. The maximum absolute atomic E-state index is 10.9. The summed E-state index contributed by atoms with van der Waals surface area (Å²) in [6.07, 6.45) is 0.755. The number of hydrogen-bond acceptors (Lipinski definition) is 3. The molecule has 0 radical (unpaired) electrons. The number of nitrogens with zero attached hydrogens (tertiary/aromatic N) is 1. The van der Waals surface area contributed by atoms with Gasteiger partial charge in [-0.2, -0.15) is 0 Å². The van der Waals surface area contributed by atoms with Crippen molar-refractivity contribution in [2.75, 3.05) is 33.9 Å². The van der Waals surface area contributed by atoms with Crippen LogP contribution < -0.4 is 5.32 Å². The van der Waals surface area contributed by atoms with E-state index >= 15 is 0 Å². The summed E-state index contributed by atoms with van der Waals surface area (Å²) in [6.45, 7) is 2.83. The van der Waals surface area contributed by atoms with Crippen molar-refractivity contribution in [2.45, 2.75) is 13.3 Å². The molecular formula is C9H18N2O3. The molecule has 0 atom stereocenters. The average molecular weight is 202 g/mol. The maximum atomic E-state index is 10.9. The first-order valence-electron chi connectivity index (χ1n) is 4.55. The van der Waals surface area contributed by atoms with Crippen LogP contribution >= 0.6 is 0 Å². The van der Waals surface area contributed by atoms with Gasteiger partial charge in [-0.1, -0.05) is 0 Å². The van der Waals surface area contributed by atoms with Gasteiger partial charge in [0, 0.05) is 34.2 Å². The molecule has 5 heteroatoms. The normalized spacial score (nSPS) is 9.64. The Kier molecular flexibility index (Phi) is 6.74. The molecule has 0 fully saturated rings. The van der Waals surface area contributed by atoms with E-state index in [1.54, 1.807) is 11.9 Å². The molecule has 0 spiro atoms. The molecule has 0 aliphatic rings. The van der Waals surface area contributed by atoms with Crippen LogP contribution in [0.3, 0.4) is 0 Å². The number of carbonyl (C=O) groups is 2. The maximum Gasteiger partial charge on any atom is 0.245 e. The third-order valence-electron chi connectivity index (χ3n) is 1.81. The van der Waals surface area contributed by atoms with Gasteiger partial charge in [-0.25, -0.2) is 0 Å². The Hall–Kier alpha value is -1.10. The molecular weight excluding hydrogens is 184 g/mol. The van der Waals surface area contributed by atoms with Gasteiger partial charge in [0.15, 0.2) is 0 Å². The highest BCUT2D eigenvalue weighted by Crippen LogP contribution is 1.86. The van der Waals surface area contributed by atoms with Crippen LogP contribution in [0.5, 0.6) is 0 Å². The Labute approximate surface area is 84.4 Å². The number of methoxy groups -OCH3 is 1. The van der Waals surface area contributed by atoms with Gasteiger partial charge >= 0.3 is 0 Å². The highest BCUT2D eigenvalue weighted by molar-refractivity contribution is 5.77. The van der Waals surface area contributed by atoms with Gasteiger partial charge < -0.3 is 15.0 Å². The molecule has 0 aliphatic carbocycles. The molecule has 0 aromatic rings. The zero-order chi connectivity index (χ0) is 11.0. The number of hydrogen-bond donors (Lipinski definition) is 1. The van der Waals surface area contributed by atoms with Crippen molar-refractivity contribution in [3.63, 3.8) is 0 Å². The highest BCUT2D eigenvalue weighted by Gasteiger charge is 2.02. The molecule has 0 unspecified atom stereocenters. The van der Waals surface area contributed by atoms with Crippen molar-refractivity contribution in [1.82, 2.24) is 10.2 Å². The van der Waals surface area contributed by atoms with E-state index in [0.29, 0.717) is 13.1 Å². The number of rotatable bonds is 6. The van der Waals surface area contributed by atoms with Crippen molar-refractivity contribution in [3.05, 3.63) is 0 Å². The second kappa shape index (κ2) is 7.32. The lowest BCUT2D eigenvalue weighted by Crippen LogP contribution is -2.31. The molecule has 1 N–H and O–H groups in total. The quantitative estimate of drug-likeness (QED) is 0.597. The van der Waals surface area contributed by atoms with Gasteiger partial charge in [0.25, 0.3) is 0 Å². The summed E-state index contributed by atoms with van der Waals surface area (Å²) in [6, 6.07) is 0. The van der Waals surface area contributed by atoms with Crippen LogP contribution in [0.25, 0.3) is 0 Å². The molecule has 0 saturated heterocycles. The lowest BCUT2D eigenvalue weighted by atomic mass is 10.4.